The minimum atomic E-state index is 0.0376. The van der Waals surface area contributed by atoms with Crippen LogP contribution in [-0.2, 0) is 0 Å². The van der Waals surface area contributed by atoms with Gasteiger partial charge in [0.25, 0.3) is 0 Å². The molecule has 2 aromatic carbocycles. The standard InChI is InChI=1S/C17H16O/c1-13-8-9-15(14(2)12-13)10-11-17(18)16-6-4-3-5-7-16/h3-12H,1-2H3/b11-10+. The number of hydrogen-bond donors (Lipinski definition) is 0. The van der Waals surface area contributed by atoms with Gasteiger partial charge in [0.2, 0.25) is 0 Å². The fourth-order valence-corrected chi connectivity index (χ4v) is 1.88. The van der Waals surface area contributed by atoms with Gasteiger partial charge in [0.05, 0.1) is 0 Å². The minimum Gasteiger partial charge on any atom is -0.289 e. The molecule has 0 spiro atoms. The lowest BCUT2D eigenvalue weighted by Gasteiger charge is -2.01. The van der Waals surface area contributed by atoms with Crippen LogP contribution in [0.15, 0.2) is 54.6 Å². The summed E-state index contributed by atoms with van der Waals surface area (Å²) < 4.78 is 0. The monoisotopic (exact) mass is 236 g/mol. The topological polar surface area (TPSA) is 17.1 Å². The summed E-state index contributed by atoms with van der Waals surface area (Å²) in [5.74, 6) is 0.0376. The molecule has 1 heteroatoms. The quantitative estimate of drug-likeness (QED) is 0.576. The van der Waals surface area contributed by atoms with Crippen LogP contribution in [0.2, 0.25) is 0 Å². The summed E-state index contributed by atoms with van der Waals surface area (Å²) in [6.45, 7) is 4.12. The van der Waals surface area contributed by atoms with Crippen LogP contribution in [-0.4, -0.2) is 5.78 Å². The van der Waals surface area contributed by atoms with E-state index in [2.05, 4.69) is 26.0 Å². The Kier molecular flexibility index (Phi) is 3.73. The second-order valence-electron chi connectivity index (χ2n) is 4.42. The van der Waals surface area contributed by atoms with Crippen molar-refractivity contribution in [2.45, 2.75) is 13.8 Å². The third-order valence-corrected chi connectivity index (χ3v) is 2.90. The lowest BCUT2D eigenvalue weighted by atomic mass is 10.0. The van der Waals surface area contributed by atoms with E-state index in [1.54, 1.807) is 6.08 Å². The Bertz CT molecular complexity index is 580. The number of aryl methyl sites for hydroxylation is 2. The van der Waals surface area contributed by atoms with Gasteiger partial charge in [0.15, 0.2) is 5.78 Å². The number of rotatable bonds is 3. The molecule has 90 valence electrons. The first kappa shape index (κ1) is 12.3. The molecule has 0 bridgehead atoms. The van der Waals surface area contributed by atoms with Crippen LogP contribution in [0, 0.1) is 13.8 Å². The second-order valence-corrected chi connectivity index (χ2v) is 4.42. The smallest absolute Gasteiger partial charge is 0.185 e. The van der Waals surface area contributed by atoms with Crippen molar-refractivity contribution in [3.05, 3.63) is 76.9 Å². The second kappa shape index (κ2) is 5.46. The predicted molar refractivity (Wildman–Crippen MR) is 75.7 cm³/mol. The maximum atomic E-state index is 11.9. The molecule has 0 unspecified atom stereocenters. The average molecular weight is 236 g/mol. The number of benzene rings is 2. The van der Waals surface area contributed by atoms with Crippen molar-refractivity contribution in [2.24, 2.45) is 0 Å². The lowest BCUT2D eigenvalue weighted by molar-refractivity contribution is 0.104. The highest BCUT2D eigenvalue weighted by Gasteiger charge is 2.00. The van der Waals surface area contributed by atoms with E-state index in [4.69, 9.17) is 0 Å². The number of ketones is 1. The van der Waals surface area contributed by atoms with E-state index in [9.17, 15) is 4.79 Å². The largest absolute Gasteiger partial charge is 0.289 e. The van der Waals surface area contributed by atoms with E-state index < -0.39 is 0 Å². The molecule has 0 aliphatic heterocycles. The number of carbonyl (C=O) groups excluding carboxylic acids is 1. The zero-order valence-electron chi connectivity index (χ0n) is 10.7. The molecule has 0 fully saturated rings. The lowest BCUT2D eigenvalue weighted by Crippen LogP contribution is -1.93. The SMILES string of the molecule is Cc1ccc(/C=C/C(=O)c2ccccc2)c(C)c1. The van der Waals surface area contributed by atoms with Gasteiger partial charge in [-0.1, -0.05) is 60.2 Å². The fourth-order valence-electron chi connectivity index (χ4n) is 1.88. The zero-order valence-corrected chi connectivity index (χ0v) is 10.7. The van der Waals surface area contributed by atoms with Gasteiger partial charge in [0.1, 0.15) is 0 Å². The first-order chi connectivity index (χ1) is 8.66. The van der Waals surface area contributed by atoms with E-state index in [0.29, 0.717) is 0 Å². The third kappa shape index (κ3) is 2.95. The highest BCUT2D eigenvalue weighted by atomic mass is 16.1. The van der Waals surface area contributed by atoms with Crippen LogP contribution in [0.5, 0.6) is 0 Å². The molecule has 0 radical (unpaired) electrons. The van der Waals surface area contributed by atoms with E-state index in [-0.39, 0.29) is 5.78 Å². The Balaban J connectivity index is 2.19. The molecule has 0 saturated heterocycles. The molecule has 0 N–H and O–H groups in total. The first-order valence-electron chi connectivity index (χ1n) is 6.01. The van der Waals surface area contributed by atoms with Gasteiger partial charge in [0, 0.05) is 5.56 Å². The summed E-state index contributed by atoms with van der Waals surface area (Å²) in [5, 5.41) is 0. The van der Waals surface area contributed by atoms with Crippen molar-refractivity contribution in [3.63, 3.8) is 0 Å². The Hall–Kier alpha value is -2.15. The summed E-state index contributed by atoms with van der Waals surface area (Å²) in [6.07, 6.45) is 3.51. The van der Waals surface area contributed by atoms with Gasteiger partial charge in [-0.3, -0.25) is 4.79 Å². The van der Waals surface area contributed by atoms with Gasteiger partial charge >= 0.3 is 0 Å². The van der Waals surface area contributed by atoms with Crippen molar-refractivity contribution >= 4 is 11.9 Å². The van der Waals surface area contributed by atoms with Crippen molar-refractivity contribution in [3.8, 4) is 0 Å². The number of allylic oxidation sites excluding steroid dienone is 1. The zero-order chi connectivity index (χ0) is 13.0. The van der Waals surface area contributed by atoms with Crippen LogP contribution in [0.4, 0.5) is 0 Å². The van der Waals surface area contributed by atoms with Gasteiger partial charge in [-0.2, -0.15) is 0 Å². The van der Waals surface area contributed by atoms with Gasteiger partial charge in [-0.05, 0) is 31.1 Å². The summed E-state index contributed by atoms with van der Waals surface area (Å²) in [5.41, 5.74) is 4.23. The molecule has 2 aromatic rings. The summed E-state index contributed by atoms with van der Waals surface area (Å²) in [7, 11) is 0. The molecular formula is C17H16O. The van der Waals surface area contributed by atoms with E-state index in [0.717, 1.165) is 11.1 Å². The van der Waals surface area contributed by atoms with E-state index in [1.807, 2.05) is 42.5 Å². The maximum Gasteiger partial charge on any atom is 0.185 e. The van der Waals surface area contributed by atoms with Crippen LogP contribution in [0.1, 0.15) is 27.0 Å². The van der Waals surface area contributed by atoms with Gasteiger partial charge in [-0.25, -0.2) is 0 Å². The molecule has 0 saturated carbocycles. The molecule has 18 heavy (non-hydrogen) atoms. The predicted octanol–water partition coefficient (Wildman–Crippen LogP) is 4.20. The molecule has 0 heterocycles. The van der Waals surface area contributed by atoms with Crippen molar-refractivity contribution < 1.29 is 4.79 Å². The van der Waals surface area contributed by atoms with Crippen LogP contribution < -0.4 is 0 Å². The molecule has 0 aromatic heterocycles. The van der Waals surface area contributed by atoms with Crippen LogP contribution in [0.25, 0.3) is 6.08 Å². The third-order valence-electron chi connectivity index (χ3n) is 2.90. The Morgan fingerprint density at radius 2 is 1.72 bits per heavy atom. The van der Waals surface area contributed by atoms with Crippen molar-refractivity contribution in [1.82, 2.24) is 0 Å². The first-order valence-corrected chi connectivity index (χ1v) is 6.01. The van der Waals surface area contributed by atoms with Gasteiger partial charge < -0.3 is 0 Å². The van der Waals surface area contributed by atoms with Gasteiger partial charge in [-0.15, -0.1) is 0 Å². The van der Waals surface area contributed by atoms with Crippen molar-refractivity contribution in [2.75, 3.05) is 0 Å². The van der Waals surface area contributed by atoms with Crippen LogP contribution in [0.3, 0.4) is 0 Å². The summed E-state index contributed by atoms with van der Waals surface area (Å²) in [4.78, 5) is 11.9. The van der Waals surface area contributed by atoms with E-state index in [1.165, 1.54) is 11.1 Å². The molecule has 0 aliphatic rings. The molecular weight excluding hydrogens is 220 g/mol. The Labute approximate surface area is 108 Å². The fraction of sp³-hybridized carbons (Fsp3) is 0.118. The summed E-state index contributed by atoms with van der Waals surface area (Å²) >= 11 is 0. The van der Waals surface area contributed by atoms with Crippen molar-refractivity contribution in [1.29, 1.82) is 0 Å². The molecule has 1 nitrogen and oxygen atoms in total. The highest BCUT2D eigenvalue weighted by molar-refractivity contribution is 6.06. The minimum absolute atomic E-state index is 0.0376. The Morgan fingerprint density at radius 1 is 1.00 bits per heavy atom. The molecule has 0 aliphatic carbocycles. The van der Waals surface area contributed by atoms with E-state index >= 15 is 0 Å². The molecule has 0 atom stereocenters. The summed E-state index contributed by atoms with van der Waals surface area (Å²) in [6, 6.07) is 15.5. The maximum absolute atomic E-state index is 11.9. The number of carbonyl (C=O) groups is 1. The normalized spacial score (nSPS) is 10.8. The molecule has 2 rings (SSSR count). The Morgan fingerprint density at radius 3 is 2.39 bits per heavy atom. The average Bonchev–Trinajstić information content (AvgIpc) is 2.38. The molecule has 0 amide bonds. The highest BCUT2D eigenvalue weighted by Crippen LogP contribution is 2.13. The van der Waals surface area contributed by atoms with Crippen LogP contribution >= 0.6 is 0 Å². The number of hydrogen-bond acceptors (Lipinski definition) is 1.